The maximum Gasteiger partial charge on any atom is 0.265 e. The lowest BCUT2D eigenvalue weighted by Gasteiger charge is -2.23. The molecule has 0 aliphatic carbocycles. The minimum Gasteiger partial charge on any atom is -0.483 e. The molecule has 8 nitrogen and oxygen atoms in total. The van der Waals surface area contributed by atoms with E-state index < -0.39 is 17.9 Å². The fraction of sp³-hybridized carbons (Fsp3) is 0.167. The predicted molar refractivity (Wildman–Crippen MR) is 94.2 cm³/mol. The number of benzene rings is 2. The Bertz CT molecular complexity index is 881. The molecule has 26 heavy (non-hydrogen) atoms. The van der Waals surface area contributed by atoms with Crippen LogP contribution in [0.15, 0.2) is 42.5 Å². The van der Waals surface area contributed by atoms with Crippen molar-refractivity contribution >= 4 is 29.1 Å². The lowest BCUT2D eigenvalue weighted by Crippen LogP contribution is -2.34. The van der Waals surface area contributed by atoms with Gasteiger partial charge in [-0.2, -0.15) is 0 Å². The van der Waals surface area contributed by atoms with Gasteiger partial charge in [0.1, 0.15) is 11.5 Å². The molecule has 1 aliphatic rings. The van der Waals surface area contributed by atoms with Crippen molar-refractivity contribution in [3.05, 3.63) is 48.0 Å². The largest absolute Gasteiger partial charge is 0.483 e. The summed E-state index contributed by atoms with van der Waals surface area (Å²) in [7, 11) is 0. The van der Waals surface area contributed by atoms with Gasteiger partial charge in [0.05, 0.1) is 11.3 Å². The number of para-hydroxylation sites is 1. The lowest BCUT2D eigenvalue weighted by atomic mass is 10.2. The highest BCUT2D eigenvalue weighted by molar-refractivity contribution is 5.99. The number of fused-ring (bicyclic) bond motifs is 1. The van der Waals surface area contributed by atoms with E-state index >= 15 is 0 Å². The topological polar surface area (TPSA) is 120 Å². The summed E-state index contributed by atoms with van der Waals surface area (Å²) in [6.07, 6.45) is -0.568. The molecular formula is C18H17N3O5. The van der Waals surface area contributed by atoms with Crippen molar-refractivity contribution in [2.75, 3.05) is 17.2 Å². The fourth-order valence-corrected chi connectivity index (χ4v) is 2.42. The van der Waals surface area contributed by atoms with Crippen molar-refractivity contribution in [3.63, 3.8) is 0 Å². The van der Waals surface area contributed by atoms with Gasteiger partial charge >= 0.3 is 0 Å². The first-order valence-corrected chi connectivity index (χ1v) is 7.87. The second-order valence-electron chi connectivity index (χ2n) is 5.66. The summed E-state index contributed by atoms with van der Waals surface area (Å²) in [4.78, 5) is 35.1. The minimum atomic E-state index is -0.638. The van der Waals surface area contributed by atoms with Crippen molar-refractivity contribution in [2.45, 2.75) is 13.0 Å². The van der Waals surface area contributed by atoms with Gasteiger partial charge in [0.2, 0.25) is 0 Å². The molecule has 4 N–H and O–H groups in total. The van der Waals surface area contributed by atoms with E-state index in [1.165, 1.54) is 6.07 Å². The van der Waals surface area contributed by atoms with Gasteiger partial charge in [-0.1, -0.05) is 12.1 Å². The molecule has 1 aliphatic heterocycles. The number of hydrogen-bond donors (Lipinski definition) is 3. The molecule has 0 spiro atoms. The van der Waals surface area contributed by atoms with Crippen molar-refractivity contribution in [3.8, 4) is 11.5 Å². The molecule has 3 amide bonds. The Morgan fingerprint density at radius 2 is 2.04 bits per heavy atom. The Morgan fingerprint density at radius 1 is 1.27 bits per heavy atom. The maximum atomic E-state index is 12.1. The summed E-state index contributed by atoms with van der Waals surface area (Å²) in [6.45, 7) is 1.34. The van der Waals surface area contributed by atoms with Crippen LogP contribution >= 0.6 is 0 Å². The molecule has 1 atom stereocenters. The zero-order valence-electron chi connectivity index (χ0n) is 13.9. The predicted octanol–water partition coefficient (Wildman–Crippen LogP) is 1.52. The maximum absolute atomic E-state index is 12.1. The number of carbonyl (C=O) groups excluding carboxylic acids is 3. The molecule has 0 bridgehead atoms. The Labute approximate surface area is 149 Å². The summed E-state index contributed by atoms with van der Waals surface area (Å²) >= 11 is 0. The number of nitrogens with one attached hydrogen (secondary N) is 2. The fourth-order valence-electron chi connectivity index (χ4n) is 2.42. The Hall–Kier alpha value is -3.55. The Balaban J connectivity index is 1.63. The molecule has 0 saturated heterocycles. The molecule has 8 heteroatoms. The number of hydrogen-bond acceptors (Lipinski definition) is 5. The van der Waals surface area contributed by atoms with Gasteiger partial charge in [-0.15, -0.1) is 0 Å². The highest BCUT2D eigenvalue weighted by Crippen LogP contribution is 2.32. The monoisotopic (exact) mass is 355 g/mol. The molecule has 0 radical (unpaired) electrons. The zero-order chi connectivity index (χ0) is 18.7. The summed E-state index contributed by atoms with van der Waals surface area (Å²) in [5.74, 6) is -0.564. The first-order valence-electron chi connectivity index (χ1n) is 7.87. The first-order chi connectivity index (χ1) is 12.4. The van der Waals surface area contributed by atoms with Gasteiger partial charge in [0.25, 0.3) is 17.7 Å². The number of rotatable bonds is 5. The molecule has 0 saturated carbocycles. The standard InChI is InChI=1S/C18H17N3O5/c1-10-18(24)21-13-8-11(6-7-15(13)26-10)20-16(22)9-25-14-5-3-2-4-12(14)17(19)23/h2-8,10H,9H2,1H3,(H2,19,23)(H,20,22)(H,21,24)/t10-/m1/s1. The molecule has 0 unspecified atom stereocenters. The van der Waals surface area contributed by atoms with E-state index in [0.717, 1.165) is 0 Å². The van der Waals surface area contributed by atoms with Crippen LogP contribution in [0.1, 0.15) is 17.3 Å². The van der Waals surface area contributed by atoms with Crippen molar-refractivity contribution in [1.82, 2.24) is 0 Å². The van der Waals surface area contributed by atoms with Gasteiger partial charge in [-0.25, -0.2) is 0 Å². The minimum absolute atomic E-state index is 0.197. The van der Waals surface area contributed by atoms with Crippen LogP contribution in [-0.4, -0.2) is 30.4 Å². The third-order valence-electron chi connectivity index (χ3n) is 3.71. The van der Waals surface area contributed by atoms with Gasteiger partial charge in [-0.3, -0.25) is 14.4 Å². The van der Waals surface area contributed by atoms with E-state index in [-0.39, 0.29) is 23.8 Å². The summed E-state index contributed by atoms with van der Waals surface area (Å²) in [5.41, 5.74) is 6.41. The van der Waals surface area contributed by atoms with E-state index in [2.05, 4.69) is 10.6 Å². The Morgan fingerprint density at radius 3 is 2.81 bits per heavy atom. The van der Waals surface area contributed by atoms with Crippen LogP contribution in [0, 0.1) is 0 Å². The van der Waals surface area contributed by atoms with Crippen LogP contribution in [0.25, 0.3) is 0 Å². The van der Waals surface area contributed by atoms with Crippen molar-refractivity contribution < 1.29 is 23.9 Å². The van der Waals surface area contributed by atoms with Crippen molar-refractivity contribution in [1.29, 1.82) is 0 Å². The van der Waals surface area contributed by atoms with E-state index in [9.17, 15) is 14.4 Å². The highest BCUT2D eigenvalue weighted by atomic mass is 16.5. The molecule has 0 aromatic heterocycles. The molecule has 2 aromatic rings. The zero-order valence-corrected chi connectivity index (χ0v) is 13.9. The van der Waals surface area contributed by atoms with Gasteiger partial charge in [0.15, 0.2) is 12.7 Å². The SMILES string of the molecule is C[C@H]1Oc2ccc(NC(=O)COc3ccccc3C(N)=O)cc2NC1=O. The molecule has 3 rings (SSSR count). The van der Waals surface area contributed by atoms with Crippen LogP contribution in [0.2, 0.25) is 0 Å². The average molecular weight is 355 g/mol. The van der Waals surface area contributed by atoms with Crippen LogP contribution in [-0.2, 0) is 9.59 Å². The van der Waals surface area contributed by atoms with Crippen LogP contribution in [0.5, 0.6) is 11.5 Å². The number of nitrogens with two attached hydrogens (primary N) is 1. The van der Waals surface area contributed by atoms with Crippen molar-refractivity contribution in [2.24, 2.45) is 5.73 Å². The molecular weight excluding hydrogens is 338 g/mol. The second-order valence-corrected chi connectivity index (χ2v) is 5.66. The van der Waals surface area contributed by atoms with E-state index in [1.54, 1.807) is 43.3 Å². The summed E-state index contributed by atoms with van der Waals surface area (Å²) in [5, 5.41) is 5.35. The number of ether oxygens (including phenoxy) is 2. The highest BCUT2D eigenvalue weighted by Gasteiger charge is 2.23. The molecule has 2 aromatic carbocycles. The third-order valence-corrected chi connectivity index (χ3v) is 3.71. The van der Waals surface area contributed by atoms with Crippen LogP contribution in [0.3, 0.4) is 0 Å². The number of amides is 3. The number of primary amides is 1. The summed E-state index contributed by atoms with van der Waals surface area (Å²) < 4.78 is 10.8. The average Bonchev–Trinajstić information content (AvgIpc) is 2.61. The van der Waals surface area contributed by atoms with Gasteiger partial charge < -0.3 is 25.8 Å². The molecule has 0 fully saturated rings. The molecule has 1 heterocycles. The first kappa shape index (κ1) is 17.3. The number of carbonyl (C=O) groups is 3. The van der Waals surface area contributed by atoms with Crippen LogP contribution in [0.4, 0.5) is 11.4 Å². The second kappa shape index (κ2) is 7.14. The van der Waals surface area contributed by atoms with Crippen LogP contribution < -0.4 is 25.8 Å². The quantitative estimate of drug-likeness (QED) is 0.751. The van der Waals surface area contributed by atoms with E-state index in [4.69, 9.17) is 15.2 Å². The van der Waals surface area contributed by atoms with E-state index in [1.807, 2.05) is 0 Å². The summed E-state index contributed by atoms with van der Waals surface area (Å²) in [6, 6.07) is 11.3. The normalized spacial score (nSPS) is 15.3. The van der Waals surface area contributed by atoms with Gasteiger partial charge in [0, 0.05) is 5.69 Å². The lowest BCUT2D eigenvalue weighted by molar-refractivity contribution is -0.122. The van der Waals surface area contributed by atoms with Gasteiger partial charge in [-0.05, 0) is 37.3 Å². The number of anilines is 2. The third kappa shape index (κ3) is 3.75. The Kier molecular flexibility index (Phi) is 4.74. The van der Waals surface area contributed by atoms with E-state index in [0.29, 0.717) is 17.1 Å². The smallest absolute Gasteiger partial charge is 0.265 e. The molecule has 134 valence electrons.